The summed E-state index contributed by atoms with van der Waals surface area (Å²) < 4.78 is 6.00. The van der Waals surface area contributed by atoms with Gasteiger partial charge in [0.25, 0.3) is 0 Å². The fourth-order valence-electron chi connectivity index (χ4n) is 2.96. The van der Waals surface area contributed by atoms with Crippen LogP contribution in [0.15, 0.2) is 12.1 Å². The first-order chi connectivity index (χ1) is 12.4. The number of unbranched alkanes of at least 4 members (excludes halogenated alkanes) is 1. The summed E-state index contributed by atoms with van der Waals surface area (Å²) in [6.07, 6.45) is 2.98. The van der Waals surface area contributed by atoms with Crippen LogP contribution in [-0.4, -0.2) is 51.6 Å². The van der Waals surface area contributed by atoms with E-state index < -0.39 is 0 Å². The van der Waals surface area contributed by atoms with Crippen LogP contribution in [0, 0.1) is 19.8 Å². The van der Waals surface area contributed by atoms with Gasteiger partial charge in [-0.05, 0) is 89.5 Å². The molecule has 0 aromatic heterocycles. The van der Waals surface area contributed by atoms with Gasteiger partial charge in [-0.25, -0.2) is 0 Å². The Morgan fingerprint density at radius 3 is 2.50 bits per heavy atom. The highest BCUT2D eigenvalue weighted by molar-refractivity contribution is 5.46. The Kier molecular flexibility index (Phi) is 10.3. The first-order valence-electron chi connectivity index (χ1n) is 9.64. The van der Waals surface area contributed by atoms with Gasteiger partial charge in [-0.3, -0.25) is 4.79 Å². The van der Waals surface area contributed by atoms with E-state index in [9.17, 15) is 4.79 Å². The van der Waals surface area contributed by atoms with E-state index in [0.29, 0.717) is 12.5 Å². The van der Waals surface area contributed by atoms with E-state index in [2.05, 4.69) is 69.5 Å². The van der Waals surface area contributed by atoms with Gasteiger partial charge in [0, 0.05) is 12.6 Å². The first-order valence-corrected chi connectivity index (χ1v) is 9.64. The second kappa shape index (κ2) is 11.9. The van der Waals surface area contributed by atoms with Crippen LogP contribution >= 0.6 is 0 Å². The molecule has 0 bridgehead atoms. The van der Waals surface area contributed by atoms with Gasteiger partial charge in [0.1, 0.15) is 5.75 Å². The number of nitrogens with zero attached hydrogens (tertiary/aromatic N) is 1. The zero-order chi connectivity index (χ0) is 19.5. The number of rotatable bonds is 13. The smallest absolute Gasteiger partial charge is 0.207 e. The molecule has 5 nitrogen and oxygen atoms in total. The molecule has 26 heavy (non-hydrogen) atoms. The fourth-order valence-corrected chi connectivity index (χ4v) is 2.96. The monoisotopic (exact) mass is 363 g/mol. The van der Waals surface area contributed by atoms with E-state index in [0.717, 1.165) is 44.7 Å². The number of benzene rings is 1. The molecule has 0 saturated carbocycles. The van der Waals surface area contributed by atoms with Crippen molar-refractivity contribution in [3.63, 3.8) is 0 Å². The van der Waals surface area contributed by atoms with Crippen molar-refractivity contribution >= 4 is 6.41 Å². The van der Waals surface area contributed by atoms with Crippen molar-refractivity contribution in [1.82, 2.24) is 15.5 Å². The van der Waals surface area contributed by atoms with Crippen molar-refractivity contribution in [2.75, 3.05) is 40.3 Å². The lowest BCUT2D eigenvalue weighted by atomic mass is 9.97. The Morgan fingerprint density at radius 2 is 1.85 bits per heavy atom. The van der Waals surface area contributed by atoms with Gasteiger partial charge < -0.3 is 20.3 Å². The molecule has 0 aliphatic carbocycles. The number of nitrogens with one attached hydrogen (secondary N) is 2. The highest BCUT2D eigenvalue weighted by Gasteiger charge is 2.13. The maximum Gasteiger partial charge on any atom is 0.207 e. The van der Waals surface area contributed by atoms with Crippen LogP contribution in [0.3, 0.4) is 0 Å². The normalized spacial score (nSPS) is 13.5. The summed E-state index contributed by atoms with van der Waals surface area (Å²) in [7, 11) is 4.20. The predicted molar refractivity (Wildman–Crippen MR) is 109 cm³/mol. The van der Waals surface area contributed by atoms with Gasteiger partial charge in [-0.2, -0.15) is 0 Å². The van der Waals surface area contributed by atoms with Gasteiger partial charge in [0.2, 0.25) is 6.41 Å². The van der Waals surface area contributed by atoms with Gasteiger partial charge in [-0.15, -0.1) is 0 Å². The van der Waals surface area contributed by atoms with Crippen molar-refractivity contribution < 1.29 is 9.53 Å². The molecule has 1 aromatic carbocycles. The lowest BCUT2D eigenvalue weighted by molar-refractivity contribution is -0.109. The number of ether oxygens (including phenoxy) is 1. The molecular weight excluding hydrogens is 326 g/mol. The van der Waals surface area contributed by atoms with E-state index in [-0.39, 0.29) is 6.04 Å². The van der Waals surface area contributed by atoms with Crippen LogP contribution in [0.1, 0.15) is 49.4 Å². The Labute approximate surface area is 159 Å². The predicted octanol–water partition coefficient (Wildman–Crippen LogP) is 3.06. The molecule has 2 unspecified atom stereocenters. The summed E-state index contributed by atoms with van der Waals surface area (Å²) in [6.45, 7) is 12.0. The highest BCUT2D eigenvalue weighted by Crippen LogP contribution is 2.28. The molecule has 0 aliphatic rings. The zero-order valence-corrected chi connectivity index (χ0v) is 17.4. The van der Waals surface area contributed by atoms with Crippen LogP contribution < -0.4 is 15.4 Å². The molecule has 1 aromatic rings. The molecule has 0 radical (unpaired) electrons. The lowest BCUT2D eigenvalue weighted by Gasteiger charge is -2.22. The summed E-state index contributed by atoms with van der Waals surface area (Å²) in [5.74, 6) is 1.39. The second-order valence-electron chi connectivity index (χ2n) is 7.52. The molecule has 0 saturated heterocycles. The Morgan fingerprint density at radius 1 is 1.12 bits per heavy atom. The van der Waals surface area contributed by atoms with E-state index in [1.165, 1.54) is 16.7 Å². The number of hydrogen-bond acceptors (Lipinski definition) is 4. The number of carbonyl (C=O) groups excluding carboxylic acids is 1. The topological polar surface area (TPSA) is 53.6 Å². The molecule has 0 spiro atoms. The van der Waals surface area contributed by atoms with Gasteiger partial charge in [0.05, 0.1) is 6.61 Å². The van der Waals surface area contributed by atoms with E-state index in [4.69, 9.17) is 4.74 Å². The third-order valence-electron chi connectivity index (χ3n) is 4.83. The molecule has 5 heteroatoms. The molecule has 0 aliphatic heterocycles. The van der Waals surface area contributed by atoms with Gasteiger partial charge in [-0.1, -0.05) is 13.0 Å². The second-order valence-corrected chi connectivity index (χ2v) is 7.52. The van der Waals surface area contributed by atoms with Crippen molar-refractivity contribution in [3.8, 4) is 5.75 Å². The van der Waals surface area contributed by atoms with Crippen molar-refractivity contribution in [3.05, 3.63) is 28.8 Å². The Bertz CT molecular complexity index is 546. The third-order valence-corrected chi connectivity index (χ3v) is 4.83. The van der Waals surface area contributed by atoms with Crippen LogP contribution in [0.2, 0.25) is 0 Å². The maximum absolute atomic E-state index is 10.4. The molecule has 2 N–H and O–H groups in total. The minimum Gasteiger partial charge on any atom is -0.493 e. The van der Waals surface area contributed by atoms with E-state index in [1.54, 1.807) is 0 Å². The quantitative estimate of drug-likeness (QED) is 0.418. The Balaban J connectivity index is 2.55. The van der Waals surface area contributed by atoms with E-state index >= 15 is 0 Å². The van der Waals surface area contributed by atoms with Gasteiger partial charge >= 0.3 is 0 Å². The first kappa shape index (κ1) is 22.5. The zero-order valence-electron chi connectivity index (χ0n) is 17.4. The van der Waals surface area contributed by atoms with Crippen LogP contribution in [-0.2, 0) is 4.79 Å². The summed E-state index contributed by atoms with van der Waals surface area (Å²) in [5, 5.41) is 6.30. The van der Waals surface area contributed by atoms with Crippen LogP contribution in [0.4, 0.5) is 0 Å². The molecule has 2 atom stereocenters. The third kappa shape index (κ3) is 7.75. The average Bonchev–Trinajstić information content (AvgIpc) is 2.60. The number of hydrogen-bond donors (Lipinski definition) is 2. The number of carbonyl (C=O) groups is 1. The highest BCUT2D eigenvalue weighted by atomic mass is 16.5. The fraction of sp³-hybridized carbons (Fsp3) is 0.667. The molecule has 0 heterocycles. The van der Waals surface area contributed by atoms with Crippen molar-refractivity contribution in [2.24, 2.45) is 5.92 Å². The summed E-state index contributed by atoms with van der Waals surface area (Å²) in [6, 6.07) is 4.53. The lowest BCUT2D eigenvalue weighted by Crippen LogP contribution is -2.30. The largest absolute Gasteiger partial charge is 0.493 e. The summed E-state index contributed by atoms with van der Waals surface area (Å²) in [4.78, 5) is 12.6. The maximum atomic E-state index is 10.4. The van der Waals surface area contributed by atoms with E-state index in [1.807, 2.05) is 0 Å². The van der Waals surface area contributed by atoms with Crippen LogP contribution in [0.25, 0.3) is 0 Å². The van der Waals surface area contributed by atoms with Crippen molar-refractivity contribution in [1.29, 1.82) is 0 Å². The molecule has 1 rings (SSSR count). The molecule has 148 valence electrons. The average molecular weight is 364 g/mol. The SMILES string of the molecule is Cc1c(OCCCCN(C)C)ccc(C(C)NCC(C)CNC=O)c1C. The number of amides is 1. The minimum absolute atomic E-state index is 0.265. The molecule has 1 amide bonds. The molecular formula is C21H37N3O2. The van der Waals surface area contributed by atoms with Gasteiger partial charge in [0.15, 0.2) is 0 Å². The van der Waals surface area contributed by atoms with Crippen LogP contribution in [0.5, 0.6) is 5.75 Å². The van der Waals surface area contributed by atoms with Crippen molar-refractivity contribution in [2.45, 2.75) is 46.6 Å². The Hall–Kier alpha value is -1.59. The standard InChI is InChI=1S/C21H37N3O2/c1-16(13-22-15-25)14-23-19(4)20-9-10-21(18(3)17(20)2)26-12-8-7-11-24(5)6/h9-10,15-16,19,23H,7-8,11-14H2,1-6H3,(H,22,25). The summed E-state index contributed by atoms with van der Waals surface area (Å²) >= 11 is 0. The minimum atomic E-state index is 0.265. The molecule has 0 fully saturated rings. The summed E-state index contributed by atoms with van der Waals surface area (Å²) in [5.41, 5.74) is 3.81.